The van der Waals surface area contributed by atoms with Crippen LogP contribution in [0.15, 0.2) is 24.3 Å². The van der Waals surface area contributed by atoms with Gasteiger partial charge in [-0.3, -0.25) is 9.69 Å². The number of rotatable bonds is 5. The summed E-state index contributed by atoms with van der Waals surface area (Å²) in [5.41, 5.74) is 1.03. The Labute approximate surface area is 165 Å². The van der Waals surface area contributed by atoms with Gasteiger partial charge in [0.25, 0.3) is 0 Å². The minimum Gasteiger partial charge on any atom is -0.508 e. The highest BCUT2D eigenvalue weighted by molar-refractivity contribution is 5.84. The first-order valence-electron chi connectivity index (χ1n) is 10.0. The van der Waals surface area contributed by atoms with E-state index in [-0.39, 0.29) is 37.1 Å². The Morgan fingerprint density at radius 1 is 1.25 bits per heavy atom. The van der Waals surface area contributed by atoms with Crippen molar-refractivity contribution in [2.45, 2.75) is 51.3 Å². The molecule has 2 saturated heterocycles. The molecule has 3 rings (SSSR count). The smallest absolute Gasteiger partial charge is 0.326 e. The molecule has 0 spiro atoms. The van der Waals surface area contributed by atoms with Crippen molar-refractivity contribution >= 4 is 11.9 Å². The summed E-state index contributed by atoms with van der Waals surface area (Å²) in [4.78, 5) is 27.6. The zero-order chi connectivity index (χ0) is 20.4. The molecule has 2 aliphatic rings. The number of amides is 1. The minimum atomic E-state index is -1.07. The molecule has 0 bridgehead atoms. The van der Waals surface area contributed by atoms with E-state index in [0.717, 1.165) is 18.5 Å². The van der Waals surface area contributed by atoms with Gasteiger partial charge in [0.15, 0.2) is 0 Å². The highest BCUT2D eigenvalue weighted by Crippen LogP contribution is 2.40. The second kappa shape index (κ2) is 8.49. The number of aliphatic hydroxyl groups is 1. The van der Waals surface area contributed by atoms with Crippen molar-refractivity contribution in [2.24, 2.45) is 11.8 Å². The Balaban J connectivity index is 1.71. The van der Waals surface area contributed by atoms with Crippen molar-refractivity contribution in [3.05, 3.63) is 29.8 Å². The third-order valence-electron chi connectivity index (χ3n) is 6.37. The molecule has 5 atom stereocenters. The predicted molar refractivity (Wildman–Crippen MR) is 104 cm³/mol. The van der Waals surface area contributed by atoms with E-state index in [9.17, 15) is 24.9 Å². The summed E-state index contributed by atoms with van der Waals surface area (Å²) in [5.74, 6) is -0.169. The topological polar surface area (TPSA) is 101 Å². The van der Waals surface area contributed by atoms with Crippen LogP contribution in [0.3, 0.4) is 0 Å². The van der Waals surface area contributed by atoms with Crippen LogP contribution in [0.4, 0.5) is 0 Å². The number of piperidine rings is 1. The van der Waals surface area contributed by atoms with Crippen LogP contribution in [0.5, 0.6) is 5.75 Å². The van der Waals surface area contributed by atoms with Crippen molar-refractivity contribution < 1.29 is 24.9 Å². The average Bonchev–Trinajstić information content (AvgIpc) is 3.04. The number of β-amino-alcohol motifs (C(OH)–C–C–N with tert-alkyl or cyclic N) is 1. The number of hydrogen-bond acceptors (Lipinski definition) is 5. The van der Waals surface area contributed by atoms with Crippen molar-refractivity contribution in [2.75, 3.05) is 19.6 Å². The van der Waals surface area contributed by atoms with Crippen LogP contribution in [-0.4, -0.2) is 68.8 Å². The van der Waals surface area contributed by atoms with Crippen LogP contribution < -0.4 is 0 Å². The monoisotopic (exact) mass is 390 g/mol. The number of aliphatic hydroxyl groups excluding tert-OH is 1. The van der Waals surface area contributed by atoms with E-state index < -0.39 is 18.1 Å². The van der Waals surface area contributed by atoms with Gasteiger partial charge in [0, 0.05) is 32.0 Å². The predicted octanol–water partition coefficient (Wildman–Crippen LogP) is 1.85. The number of phenols is 1. The SMILES string of the molecule is C[C@@H]1CCN(CCC(=O)N2C[C@H](O)C[C@@H]2C(=O)O)C(c2cccc(O)c2)[C@@H]1C. The van der Waals surface area contributed by atoms with Gasteiger partial charge in [-0.15, -0.1) is 0 Å². The van der Waals surface area contributed by atoms with Gasteiger partial charge < -0.3 is 20.2 Å². The van der Waals surface area contributed by atoms with Gasteiger partial charge in [0.05, 0.1) is 6.10 Å². The zero-order valence-electron chi connectivity index (χ0n) is 16.5. The second-order valence-corrected chi connectivity index (χ2v) is 8.24. The third kappa shape index (κ3) is 4.31. The first-order valence-corrected chi connectivity index (χ1v) is 10.0. The van der Waals surface area contributed by atoms with E-state index >= 15 is 0 Å². The quantitative estimate of drug-likeness (QED) is 0.709. The standard InChI is InChI=1S/C21H30N2O5/c1-13-6-8-22(20(14(13)2)15-4-3-5-16(24)10-15)9-7-19(26)23-12-17(25)11-18(23)21(27)28/h3-5,10,13-14,17-18,20,24-25H,6-9,11-12H2,1-2H3,(H,27,28)/t13-,14-,17-,18-,20?/m1/s1. The molecule has 2 heterocycles. The van der Waals surface area contributed by atoms with Crippen molar-refractivity contribution in [1.82, 2.24) is 9.80 Å². The summed E-state index contributed by atoms with van der Waals surface area (Å²) in [6.07, 6.45) is 0.559. The third-order valence-corrected chi connectivity index (χ3v) is 6.37. The number of carboxylic acid groups (broad SMARTS) is 1. The Hall–Kier alpha value is -2.12. The van der Waals surface area contributed by atoms with Gasteiger partial charge in [0.1, 0.15) is 11.8 Å². The van der Waals surface area contributed by atoms with Gasteiger partial charge in [-0.25, -0.2) is 4.79 Å². The van der Waals surface area contributed by atoms with E-state index in [1.54, 1.807) is 12.1 Å². The molecule has 154 valence electrons. The summed E-state index contributed by atoms with van der Waals surface area (Å²) in [6.45, 7) is 5.88. The fourth-order valence-corrected chi connectivity index (χ4v) is 4.60. The lowest BCUT2D eigenvalue weighted by Crippen LogP contribution is -2.45. The highest BCUT2D eigenvalue weighted by atomic mass is 16.4. The van der Waals surface area contributed by atoms with Gasteiger partial charge in [-0.1, -0.05) is 26.0 Å². The van der Waals surface area contributed by atoms with E-state index in [1.165, 1.54) is 4.90 Å². The molecule has 0 aromatic heterocycles. The van der Waals surface area contributed by atoms with Crippen LogP contribution in [0.1, 0.15) is 44.7 Å². The van der Waals surface area contributed by atoms with E-state index in [1.807, 2.05) is 12.1 Å². The molecule has 7 heteroatoms. The Morgan fingerprint density at radius 3 is 2.68 bits per heavy atom. The number of nitrogens with zero attached hydrogens (tertiary/aromatic N) is 2. The molecule has 0 saturated carbocycles. The maximum Gasteiger partial charge on any atom is 0.326 e. The normalized spacial score (nSPS) is 31.1. The second-order valence-electron chi connectivity index (χ2n) is 8.24. The van der Waals surface area contributed by atoms with Crippen LogP contribution in [-0.2, 0) is 9.59 Å². The number of carboxylic acids is 1. The van der Waals surface area contributed by atoms with Crippen molar-refractivity contribution in [1.29, 1.82) is 0 Å². The molecule has 1 amide bonds. The molecule has 7 nitrogen and oxygen atoms in total. The molecule has 0 aliphatic carbocycles. The van der Waals surface area contributed by atoms with E-state index in [4.69, 9.17) is 0 Å². The lowest BCUT2D eigenvalue weighted by Gasteiger charge is -2.44. The number of likely N-dealkylation sites (tertiary alicyclic amines) is 2. The highest BCUT2D eigenvalue weighted by Gasteiger charge is 2.39. The number of carbonyl (C=O) groups is 2. The molecular formula is C21H30N2O5. The molecule has 1 unspecified atom stereocenters. The number of phenolic OH excluding ortho intramolecular Hbond substituents is 1. The van der Waals surface area contributed by atoms with Gasteiger partial charge in [-0.05, 0) is 42.5 Å². The molecule has 1 aromatic rings. The molecule has 2 aliphatic heterocycles. The summed E-state index contributed by atoms with van der Waals surface area (Å²) < 4.78 is 0. The molecule has 3 N–H and O–H groups in total. The number of benzene rings is 1. The van der Waals surface area contributed by atoms with Gasteiger partial charge in [-0.2, -0.15) is 0 Å². The lowest BCUT2D eigenvalue weighted by molar-refractivity contribution is -0.148. The minimum absolute atomic E-state index is 0.0826. The summed E-state index contributed by atoms with van der Waals surface area (Å²) in [5, 5.41) is 29.0. The van der Waals surface area contributed by atoms with Gasteiger partial charge >= 0.3 is 5.97 Å². The fraction of sp³-hybridized carbons (Fsp3) is 0.619. The maximum absolute atomic E-state index is 12.7. The summed E-state index contributed by atoms with van der Waals surface area (Å²) in [6, 6.07) is 6.44. The Morgan fingerprint density at radius 2 is 2.00 bits per heavy atom. The molecule has 28 heavy (non-hydrogen) atoms. The molecule has 2 fully saturated rings. The van der Waals surface area contributed by atoms with Crippen LogP contribution in [0, 0.1) is 11.8 Å². The van der Waals surface area contributed by atoms with Crippen LogP contribution >= 0.6 is 0 Å². The average molecular weight is 390 g/mol. The van der Waals surface area contributed by atoms with Crippen molar-refractivity contribution in [3.8, 4) is 5.75 Å². The number of hydrogen-bond donors (Lipinski definition) is 3. The van der Waals surface area contributed by atoms with E-state index in [2.05, 4.69) is 18.7 Å². The van der Waals surface area contributed by atoms with Gasteiger partial charge in [0.2, 0.25) is 5.91 Å². The maximum atomic E-state index is 12.7. The van der Waals surface area contributed by atoms with Crippen molar-refractivity contribution in [3.63, 3.8) is 0 Å². The lowest BCUT2D eigenvalue weighted by atomic mass is 9.79. The molecular weight excluding hydrogens is 360 g/mol. The zero-order valence-corrected chi connectivity index (χ0v) is 16.5. The van der Waals surface area contributed by atoms with Crippen LogP contribution in [0.25, 0.3) is 0 Å². The summed E-state index contributed by atoms with van der Waals surface area (Å²) >= 11 is 0. The Bertz CT molecular complexity index is 725. The first kappa shape index (κ1) is 20.6. The molecule has 0 radical (unpaired) electrons. The number of carbonyl (C=O) groups excluding carboxylic acids is 1. The first-order chi connectivity index (χ1) is 13.3. The summed E-state index contributed by atoms with van der Waals surface area (Å²) in [7, 11) is 0. The largest absolute Gasteiger partial charge is 0.508 e. The Kier molecular flexibility index (Phi) is 6.25. The number of aromatic hydroxyl groups is 1. The molecule has 1 aromatic carbocycles. The fourth-order valence-electron chi connectivity index (χ4n) is 4.60. The van der Waals surface area contributed by atoms with Crippen LogP contribution in [0.2, 0.25) is 0 Å². The number of aliphatic carboxylic acids is 1. The van der Waals surface area contributed by atoms with E-state index in [0.29, 0.717) is 18.4 Å².